The molecule has 5 nitrogen and oxygen atoms in total. The minimum Gasteiger partial charge on any atom is -0.468 e. The number of ether oxygens (including phenoxy) is 1. The first-order valence-corrected chi connectivity index (χ1v) is 6.12. The first kappa shape index (κ1) is 14.3. The van der Waals surface area contributed by atoms with Crippen LogP contribution in [0.2, 0.25) is 0 Å². The van der Waals surface area contributed by atoms with Gasteiger partial charge in [-0.3, -0.25) is 9.52 Å². The molecule has 0 spiro atoms. The molecule has 0 unspecified atom stereocenters. The number of sulfonamides is 1. The normalized spacial score (nSPS) is 11.1. The van der Waals surface area contributed by atoms with Gasteiger partial charge in [0.1, 0.15) is 11.5 Å². The second kappa shape index (κ2) is 5.25. The molecule has 9 heteroatoms. The van der Waals surface area contributed by atoms with Crippen molar-refractivity contribution < 1.29 is 31.1 Å². The second-order valence-corrected chi connectivity index (χ2v) is 4.90. The number of carbonyl (C=O) groups is 1. The van der Waals surface area contributed by atoms with Gasteiger partial charge in [-0.05, 0) is 0 Å². The fourth-order valence-corrected chi connectivity index (χ4v) is 2.05. The topological polar surface area (TPSA) is 72.5 Å². The number of nitrogens with one attached hydrogen (secondary N) is 1. The molecule has 0 fully saturated rings. The summed E-state index contributed by atoms with van der Waals surface area (Å²) in [6, 6.07) is 0.609. The third-order valence-corrected chi connectivity index (χ3v) is 2.93. The van der Waals surface area contributed by atoms with E-state index in [0.29, 0.717) is 12.1 Å². The van der Waals surface area contributed by atoms with Crippen LogP contribution < -0.4 is 4.72 Å². The number of carbonyl (C=O) groups excluding carboxylic acids is 1. The van der Waals surface area contributed by atoms with Crippen molar-refractivity contribution in [3.05, 3.63) is 29.6 Å². The predicted molar refractivity (Wildman–Crippen MR) is 55.7 cm³/mol. The number of esters is 1. The largest absolute Gasteiger partial charge is 0.468 e. The molecule has 0 bridgehead atoms. The molecule has 1 rings (SSSR count). The molecule has 0 radical (unpaired) electrons. The molecule has 1 N–H and O–H groups in total. The fraction of sp³-hybridized carbons (Fsp3) is 0.222. The number of benzene rings is 1. The van der Waals surface area contributed by atoms with Crippen molar-refractivity contribution in [2.24, 2.45) is 0 Å². The molecule has 0 aromatic heterocycles. The average Bonchev–Trinajstić information content (AvgIpc) is 2.22. The van der Waals surface area contributed by atoms with Crippen molar-refractivity contribution in [1.82, 2.24) is 0 Å². The van der Waals surface area contributed by atoms with Gasteiger partial charge >= 0.3 is 5.97 Å². The lowest BCUT2D eigenvalue weighted by atomic mass is 10.3. The SMILES string of the molecule is COC(=O)CS(=O)(=O)Nc1c(F)cc(F)cc1F. The second-order valence-electron chi connectivity index (χ2n) is 3.18. The summed E-state index contributed by atoms with van der Waals surface area (Å²) in [5.74, 6) is -6.27. The molecule has 0 amide bonds. The van der Waals surface area contributed by atoms with Crippen LogP contribution >= 0.6 is 0 Å². The van der Waals surface area contributed by atoms with Crippen molar-refractivity contribution in [2.75, 3.05) is 17.6 Å². The maximum absolute atomic E-state index is 13.1. The first-order chi connectivity index (χ1) is 8.25. The van der Waals surface area contributed by atoms with Gasteiger partial charge in [0.05, 0.1) is 7.11 Å². The molecule has 0 atom stereocenters. The Kier molecular flexibility index (Phi) is 4.17. The summed E-state index contributed by atoms with van der Waals surface area (Å²) in [5, 5.41) is 0. The number of hydrogen-bond donors (Lipinski definition) is 1. The van der Waals surface area contributed by atoms with E-state index >= 15 is 0 Å². The Morgan fingerprint density at radius 2 is 1.78 bits per heavy atom. The van der Waals surface area contributed by atoms with E-state index in [2.05, 4.69) is 4.74 Å². The summed E-state index contributed by atoms with van der Waals surface area (Å²) in [7, 11) is -3.38. The predicted octanol–water partition coefficient (Wildman–Crippen LogP) is 1.02. The lowest BCUT2D eigenvalue weighted by Gasteiger charge is -2.09. The molecule has 18 heavy (non-hydrogen) atoms. The van der Waals surface area contributed by atoms with Crippen molar-refractivity contribution >= 4 is 21.7 Å². The fourth-order valence-electron chi connectivity index (χ4n) is 1.05. The van der Waals surface area contributed by atoms with Gasteiger partial charge < -0.3 is 4.74 Å². The highest BCUT2D eigenvalue weighted by Gasteiger charge is 2.21. The molecule has 0 heterocycles. The molecule has 0 aliphatic carbocycles. The van der Waals surface area contributed by atoms with Gasteiger partial charge in [-0.1, -0.05) is 0 Å². The van der Waals surface area contributed by atoms with Gasteiger partial charge in [-0.2, -0.15) is 0 Å². The smallest absolute Gasteiger partial charge is 0.322 e. The van der Waals surface area contributed by atoms with E-state index in [-0.39, 0.29) is 0 Å². The number of halogens is 3. The van der Waals surface area contributed by atoms with E-state index in [1.807, 2.05) is 0 Å². The Hall–Kier alpha value is -1.77. The van der Waals surface area contributed by atoms with E-state index in [1.54, 1.807) is 0 Å². The highest BCUT2D eigenvalue weighted by molar-refractivity contribution is 7.93. The summed E-state index contributed by atoms with van der Waals surface area (Å²) in [5.41, 5.74) is -1.06. The molecule has 0 aliphatic heterocycles. The molecule has 0 saturated heterocycles. The van der Waals surface area contributed by atoms with Gasteiger partial charge in [0, 0.05) is 12.1 Å². The maximum Gasteiger partial charge on any atom is 0.322 e. The third-order valence-electron chi connectivity index (χ3n) is 1.80. The van der Waals surface area contributed by atoms with E-state index in [4.69, 9.17) is 0 Å². The summed E-state index contributed by atoms with van der Waals surface area (Å²) >= 11 is 0. The molecular weight excluding hydrogens is 275 g/mol. The standard InChI is InChI=1S/C9H8F3NO4S/c1-17-8(14)4-18(15,16)13-9-6(11)2-5(10)3-7(9)12/h2-3,13H,4H2,1H3. The zero-order valence-electron chi connectivity index (χ0n) is 9.04. The molecule has 1 aromatic rings. The Morgan fingerprint density at radius 1 is 1.28 bits per heavy atom. The zero-order chi connectivity index (χ0) is 13.9. The minimum atomic E-state index is -4.33. The minimum absolute atomic E-state index is 0.305. The Bertz CT molecular complexity index is 550. The Balaban J connectivity index is 3.01. The summed E-state index contributed by atoms with van der Waals surface area (Å²) in [4.78, 5) is 10.8. The van der Waals surface area contributed by atoms with E-state index in [0.717, 1.165) is 7.11 Å². The van der Waals surface area contributed by atoms with Crippen LogP contribution in [0, 0.1) is 17.5 Å². The average molecular weight is 283 g/mol. The van der Waals surface area contributed by atoms with Crippen LogP contribution in [0.15, 0.2) is 12.1 Å². The number of hydrogen-bond acceptors (Lipinski definition) is 4. The van der Waals surface area contributed by atoms with Crippen LogP contribution in [0.5, 0.6) is 0 Å². The highest BCUT2D eigenvalue weighted by Crippen LogP contribution is 2.21. The van der Waals surface area contributed by atoms with Crippen LogP contribution in [-0.2, 0) is 19.6 Å². The van der Waals surface area contributed by atoms with E-state index in [1.165, 1.54) is 4.72 Å². The van der Waals surface area contributed by atoms with E-state index in [9.17, 15) is 26.4 Å². The Labute approximate surface area is 101 Å². The van der Waals surface area contributed by atoms with Gasteiger partial charge in [0.15, 0.2) is 17.4 Å². The number of rotatable bonds is 4. The number of anilines is 1. The van der Waals surface area contributed by atoms with Crippen LogP contribution in [0.25, 0.3) is 0 Å². The van der Waals surface area contributed by atoms with Gasteiger partial charge in [-0.25, -0.2) is 21.6 Å². The zero-order valence-corrected chi connectivity index (χ0v) is 9.85. The van der Waals surface area contributed by atoms with Crippen molar-refractivity contribution in [3.63, 3.8) is 0 Å². The van der Waals surface area contributed by atoms with Crippen LogP contribution in [0.3, 0.4) is 0 Å². The van der Waals surface area contributed by atoms with Gasteiger partial charge in [0.2, 0.25) is 10.0 Å². The maximum atomic E-state index is 13.1. The monoisotopic (exact) mass is 283 g/mol. The third kappa shape index (κ3) is 3.62. The van der Waals surface area contributed by atoms with Crippen LogP contribution in [-0.4, -0.2) is 27.2 Å². The summed E-state index contributed by atoms with van der Waals surface area (Å²) < 4.78 is 67.1. The lowest BCUT2D eigenvalue weighted by molar-refractivity contribution is -0.137. The summed E-state index contributed by atoms with van der Waals surface area (Å²) in [6.07, 6.45) is 0. The molecule has 0 saturated carbocycles. The van der Waals surface area contributed by atoms with Crippen molar-refractivity contribution in [2.45, 2.75) is 0 Å². The first-order valence-electron chi connectivity index (χ1n) is 4.47. The van der Waals surface area contributed by atoms with Crippen molar-refractivity contribution in [1.29, 1.82) is 0 Å². The van der Waals surface area contributed by atoms with E-state index < -0.39 is 44.9 Å². The van der Waals surface area contributed by atoms with Gasteiger partial charge in [0.25, 0.3) is 0 Å². The summed E-state index contributed by atoms with van der Waals surface area (Å²) in [6.45, 7) is 0. The molecule has 1 aromatic carbocycles. The highest BCUT2D eigenvalue weighted by atomic mass is 32.2. The molecular formula is C9H8F3NO4S. The molecule has 100 valence electrons. The van der Waals surface area contributed by atoms with Gasteiger partial charge in [-0.15, -0.1) is 0 Å². The molecule has 0 aliphatic rings. The van der Waals surface area contributed by atoms with Crippen LogP contribution in [0.1, 0.15) is 0 Å². The number of methoxy groups -OCH3 is 1. The lowest BCUT2D eigenvalue weighted by Crippen LogP contribution is -2.24. The van der Waals surface area contributed by atoms with Crippen LogP contribution in [0.4, 0.5) is 18.9 Å². The Morgan fingerprint density at radius 3 is 2.22 bits per heavy atom. The quantitative estimate of drug-likeness (QED) is 0.837. The van der Waals surface area contributed by atoms with Crippen molar-refractivity contribution in [3.8, 4) is 0 Å².